The highest BCUT2D eigenvalue weighted by atomic mass is 127. The van der Waals surface area contributed by atoms with E-state index in [1.165, 1.54) is 0 Å². The predicted octanol–water partition coefficient (Wildman–Crippen LogP) is 1.29. The largest absolute Gasteiger partial charge is 0.364 e. The van der Waals surface area contributed by atoms with Gasteiger partial charge in [0.25, 0.3) is 0 Å². The first kappa shape index (κ1) is 22.7. The van der Waals surface area contributed by atoms with Gasteiger partial charge in [-0.05, 0) is 13.3 Å². The molecule has 2 rings (SSSR count). The Balaban J connectivity index is 0.00000338. The highest BCUT2D eigenvalue weighted by Gasteiger charge is 2.20. The summed E-state index contributed by atoms with van der Waals surface area (Å²) in [5.41, 5.74) is 0.965. The zero-order valence-corrected chi connectivity index (χ0v) is 18.1. The third-order valence-electron chi connectivity index (χ3n) is 4.06. The van der Waals surface area contributed by atoms with Crippen molar-refractivity contribution in [1.29, 1.82) is 0 Å². The van der Waals surface area contributed by atoms with Gasteiger partial charge in [-0.2, -0.15) is 0 Å². The summed E-state index contributed by atoms with van der Waals surface area (Å²) in [6.07, 6.45) is 3.00. The maximum atomic E-state index is 11.7. The Labute approximate surface area is 172 Å². The van der Waals surface area contributed by atoms with Gasteiger partial charge in [0.15, 0.2) is 5.96 Å². The summed E-state index contributed by atoms with van der Waals surface area (Å²) in [5.74, 6) is 0.964. The van der Waals surface area contributed by atoms with Crippen LogP contribution in [0.3, 0.4) is 0 Å². The van der Waals surface area contributed by atoms with Gasteiger partial charge in [0.2, 0.25) is 5.91 Å². The number of carbonyl (C=O) groups is 1. The van der Waals surface area contributed by atoms with Crippen LogP contribution in [0.1, 0.15) is 32.4 Å². The van der Waals surface area contributed by atoms with Crippen LogP contribution in [0.15, 0.2) is 21.8 Å². The molecule has 2 N–H and O–H groups in total. The highest BCUT2D eigenvalue weighted by Crippen LogP contribution is 2.07. The van der Waals surface area contributed by atoms with Crippen molar-refractivity contribution in [2.24, 2.45) is 4.99 Å². The van der Waals surface area contributed by atoms with Crippen LogP contribution in [0.2, 0.25) is 0 Å². The minimum Gasteiger partial charge on any atom is -0.364 e. The standard InChI is InChI=1S/C17H30N6O2.HI/c1-3-7-19-16(24)5-8-20-17(18-4-2)23-11-9-22(10-12-23)14-15-6-13-25-21-15;/h6,13H,3-5,7-12,14H2,1-2H3,(H,18,20)(H,19,24);1H. The van der Waals surface area contributed by atoms with Crippen molar-refractivity contribution < 1.29 is 9.32 Å². The first-order valence-corrected chi connectivity index (χ1v) is 9.14. The van der Waals surface area contributed by atoms with Gasteiger partial charge in [-0.15, -0.1) is 24.0 Å². The van der Waals surface area contributed by atoms with E-state index in [4.69, 9.17) is 4.52 Å². The Morgan fingerprint density at radius 2 is 2.04 bits per heavy atom. The molecule has 9 heteroatoms. The van der Waals surface area contributed by atoms with E-state index in [1.54, 1.807) is 6.26 Å². The number of nitrogens with one attached hydrogen (secondary N) is 2. The molecule has 1 amide bonds. The molecule has 0 radical (unpaired) electrons. The van der Waals surface area contributed by atoms with Crippen LogP contribution < -0.4 is 10.6 Å². The Morgan fingerprint density at radius 1 is 1.27 bits per heavy atom. The van der Waals surface area contributed by atoms with Crippen LogP contribution >= 0.6 is 24.0 Å². The molecule has 1 aliphatic heterocycles. The Hall–Kier alpha value is -1.36. The first-order valence-electron chi connectivity index (χ1n) is 9.14. The molecule has 0 aromatic carbocycles. The van der Waals surface area contributed by atoms with Gasteiger partial charge >= 0.3 is 0 Å². The normalized spacial score (nSPS) is 15.5. The second-order valence-corrected chi connectivity index (χ2v) is 6.09. The summed E-state index contributed by atoms with van der Waals surface area (Å²) in [7, 11) is 0. The number of piperazine rings is 1. The molecule has 0 aliphatic carbocycles. The maximum absolute atomic E-state index is 11.7. The van der Waals surface area contributed by atoms with Crippen LogP contribution in [-0.4, -0.2) is 72.6 Å². The van der Waals surface area contributed by atoms with Crippen molar-refractivity contribution >= 4 is 35.8 Å². The smallest absolute Gasteiger partial charge is 0.221 e. The molecule has 1 saturated heterocycles. The van der Waals surface area contributed by atoms with Crippen LogP contribution in [0.4, 0.5) is 0 Å². The fraction of sp³-hybridized carbons (Fsp3) is 0.706. The number of hydrogen-bond acceptors (Lipinski definition) is 5. The highest BCUT2D eigenvalue weighted by molar-refractivity contribution is 14.0. The molecule has 0 atom stereocenters. The SMILES string of the molecule is CCCNC(=O)CCN=C(NCC)N1CCN(Cc2ccon2)CC1.I. The molecular formula is C17H31IN6O2. The lowest BCUT2D eigenvalue weighted by molar-refractivity contribution is -0.120. The molecule has 8 nitrogen and oxygen atoms in total. The summed E-state index contributed by atoms with van der Waals surface area (Å²) in [4.78, 5) is 20.9. The van der Waals surface area contributed by atoms with Gasteiger partial charge in [0.1, 0.15) is 6.26 Å². The third kappa shape index (κ3) is 7.90. The lowest BCUT2D eigenvalue weighted by atomic mass is 10.3. The number of halogens is 1. The van der Waals surface area contributed by atoms with Crippen molar-refractivity contribution in [1.82, 2.24) is 25.6 Å². The quantitative estimate of drug-likeness (QED) is 0.333. The lowest BCUT2D eigenvalue weighted by Gasteiger charge is -2.36. The molecule has 0 unspecified atom stereocenters. The number of nitrogens with zero attached hydrogens (tertiary/aromatic N) is 4. The van der Waals surface area contributed by atoms with Gasteiger partial charge in [-0.3, -0.25) is 14.7 Å². The molecule has 0 spiro atoms. The van der Waals surface area contributed by atoms with Gasteiger partial charge < -0.3 is 20.1 Å². The van der Waals surface area contributed by atoms with E-state index in [-0.39, 0.29) is 29.9 Å². The molecule has 1 aromatic heterocycles. The molecule has 1 aliphatic rings. The van der Waals surface area contributed by atoms with Crippen molar-refractivity contribution in [3.63, 3.8) is 0 Å². The number of hydrogen-bond donors (Lipinski definition) is 2. The molecule has 0 saturated carbocycles. The van der Waals surface area contributed by atoms with Crippen LogP contribution in [0.5, 0.6) is 0 Å². The average Bonchev–Trinajstić information content (AvgIpc) is 3.13. The zero-order valence-electron chi connectivity index (χ0n) is 15.7. The first-order chi connectivity index (χ1) is 12.2. The number of guanidine groups is 1. The van der Waals surface area contributed by atoms with Gasteiger partial charge in [-0.1, -0.05) is 12.1 Å². The van der Waals surface area contributed by atoms with Crippen molar-refractivity contribution in [2.45, 2.75) is 33.2 Å². The van der Waals surface area contributed by atoms with Crippen molar-refractivity contribution in [2.75, 3.05) is 45.8 Å². The topological polar surface area (TPSA) is 86.0 Å². The Morgan fingerprint density at radius 3 is 2.65 bits per heavy atom. The van der Waals surface area contributed by atoms with E-state index in [0.29, 0.717) is 13.0 Å². The lowest BCUT2D eigenvalue weighted by Crippen LogP contribution is -2.52. The maximum Gasteiger partial charge on any atom is 0.221 e. The van der Waals surface area contributed by atoms with Crippen molar-refractivity contribution in [3.05, 3.63) is 18.0 Å². The zero-order chi connectivity index (χ0) is 17.9. The Bertz CT molecular complexity index is 529. The summed E-state index contributed by atoms with van der Waals surface area (Å²) < 4.78 is 4.89. The van der Waals surface area contributed by atoms with E-state index in [2.05, 4.69) is 37.5 Å². The van der Waals surface area contributed by atoms with E-state index in [0.717, 1.165) is 63.9 Å². The molecule has 26 heavy (non-hydrogen) atoms. The second-order valence-electron chi connectivity index (χ2n) is 6.09. The summed E-state index contributed by atoms with van der Waals surface area (Å²) >= 11 is 0. The third-order valence-corrected chi connectivity index (χ3v) is 4.06. The average molecular weight is 478 g/mol. The van der Waals surface area contributed by atoms with E-state index in [1.807, 2.05) is 13.0 Å². The monoisotopic (exact) mass is 478 g/mol. The minimum atomic E-state index is 0. The molecule has 148 valence electrons. The number of carbonyl (C=O) groups excluding carboxylic acids is 1. The van der Waals surface area contributed by atoms with E-state index >= 15 is 0 Å². The van der Waals surface area contributed by atoms with Gasteiger partial charge in [0.05, 0.1) is 12.2 Å². The van der Waals surface area contributed by atoms with Crippen molar-refractivity contribution in [3.8, 4) is 0 Å². The van der Waals surface area contributed by atoms with Gasteiger partial charge in [-0.25, -0.2) is 0 Å². The summed E-state index contributed by atoms with van der Waals surface area (Å²) in [6.45, 7) is 10.7. The summed E-state index contributed by atoms with van der Waals surface area (Å²) in [5, 5.41) is 10.2. The molecule has 1 fully saturated rings. The fourth-order valence-electron chi connectivity index (χ4n) is 2.71. The number of aliphatic imine (C=N–C) groups is 1. The number of aromatic nitrogens is 1. The number of rotatable bonds is 8. The predicted molar refractivity (Wildman–Crippen MR) is 113 cm³/mol. The van der Waals surface area contributed by atoms with Crippen LogP contribution in [0.25, 0.3) is 0 Å². The van der Waals surface area contributed by atoms with Crippen LogP contribution in [0, 0.1) is 0 Å². The van der Waals surface area contributed by atoms with Gasteiger partial charge in [0, 0.05) is 58.3 Å². The van der Waals surface area contributed by atoms with Crippen LogP contribution in [-0.2, 0) is 11.3 Å². The molecular weight excluding hydrogens is 447 g/mol. The second kappa shape index (κ2) is 12.9. The fourth-order valence-corrected chi connectivity index (χ4v) is 2.71. The Kier molecular flexibility index (Phi) is 11.3. The number of amides is 1. The minimum absolute atomic E-state index is 0. The van der Waals surface area contributed by atoms with E-state index < -0.39 is 0 Å². The molecule has 1 aromatic rings. The summed E-state index contributed by atoms with van der Waals surface area (Å²) in [6, 6.07) is 1.90. The van der Waals surface area contributed by atoms with E-state index in [9.17, 15) is 4.79 Å². The molecule has 2 heterocycles. The molecule has 0 bridgehead atoms.